The average molecular weight is 303 g/mol. The van der Waals surface area contributed by atoms with Gasteiger partial charge in [-0.3, -0.25) is 4.57 Å². The summed E-state index contributed by atoms with van der Waals surface area (Å²) in [5.74, 6) is 1.14. The number of fused-ring (bicyclic) bond motifs is 3. The summed E-state index contributed by atoms with van der Waals surface area (Å²) in [5, 5.41) is 22.3. The minimum atomic E-state index is -0.398. The van der Waals surface area contributed by atoms with Crippen molar-refractivity contribution in [3.8, 4) is 11.8 Å². The molecule has 1 atom stereocenters. The number of nitrogens with zero attached hydrogens (tertiary/aromatic N) is 3. The van der Waals surface area contributed by atoms with Crippen LogP contribution in [-0.2, 0) is 0 Å². The number of aromatic nitrogens is 2. The first-order chi connectivity index (χ1) is 11.2. The molecule has 4 N–H and O–H groups in total. The summed E-state index contributed by atoms with van der Waals surface area (Å²) in [6, 6.07) is 16.1. The maximum absolute atomic E-state index is 9.57. The van der Waals surface area contributed by atoms with Crippen LogP contribution in [0.4, 0.5) is 5.95 Å². The molecule has 1 aliphatic rings. The molecule has 0 radical (unpaired) electrons. The number of hydrogen-bond acceptors (Lipinski definition) is 5. The fraction of sp³-hybridized carbons (Fsp3) is 0.0588. The molecular weight excluding hydrogens is 290 g/mol. The van der Waals surface area contributed by atoms with Gasteiger partial charge in [-0.25, -0.2) is 4.98 Å². The van der Waals surface area contributed by atoms with Crippen LogP contribution in [0.15, 0.2) is 54.1 Å². The number of aromatic hydroxyl groups is 1. The molecule has 0 saturated heterocycles. The Morgan fingerprint density at radius 3 is 2.65 bits per heavy atom. The van der Waals surface area contributed by atoms with Crippen molar-refractivity contribution in [3.05, 3.63) is 59.7 Å². The van der Waals surface area contributed by atoms with Crippen molar-refractivity contribution in [3.63, 3.8) is 0 Å². The van der Waals surface area contributed by atoms with Crippen LogP contribution in [0.3, 0.4) is 0 Å². The molecule has 0 aliphatic carbocycles. The summed E-state index contributed by atoms with van der Waals surface area (Å²) >= 11 is 0. The normalized spacial score (nSPS) is 16.7. The second-order valence-corrected chi connectivity index (χ2v) is 5.34. The molecule has 23 heavy (non-hydrogen) atoms. The Hall–Kier alpha value is -3.46. The van der Waals surface area contributed by atoms with Gasteiger partial charge >= 0.3 is 0 Å². The maximum atomic E-state index is 9.57. The average Bonchev–Trinajstić information content (AvgIpc) is 2.94. The summed E-state index contributed by atoms with van der Waals surface area (Å²) in [6.45, 7) is 0. The van der Waals surface area contributed by atoms with Gasteiger partial charge in [-0.15, -0.1) is 0 Å². The number of para-hydroxylation sites is 2. The van der Waals surface area contributed by atoms with Gasteiger partial charge in [0.15, 0.2) is 0 Å². The number of phenolic OH excluding ortho intramolecular Hbond substituents is 1. The summed E-state index contributed by atoms with van der Waals surface area (Å²) < 4.78 is 1.75. The lowest BCUT2D eigenvalue weighted by Crippen LogP contribution is -2.26. The van der Waals surface area contributed by atoms with E-state index in [2.05, 4.69) is 16.4 Å². The van der Waals surface area contributed by atoms with Gasteiger partial charge in [-0.05, 0) is 29.8 Å². The lowest BCUT2D eigenvalue weighted by Gasteiger charge is -2.26. The maximum Gasteiger partial charge on any atom is 0.210 e. The molecule has 6 heteroatoms. The van der Waals surface area contributed by atoms with Crippen LogP contribution in [0, 0.1) is 11.3 Å². The summed E-state index contributed by atoms with van der Waals surface area (Å²) in [5.41, 5.74) is 9.17. The molecule has 2 heterocycles. The Labute approximate surface area is 132 Å². The number of imidazole rings is 1. The molecular formula is C17H13N5O. The van der Waals surface area contributed by atoms with Crippen molar-refractivity contribution in [2.45, 2.75) is 6.04 Å². The van der Waals surface area contributed by atoms with Crippen LogP contribution in [-0.4, -0.2) is 14.7 Å². The second kappa shape index (κ2) is 4.78. The third kappa shape index (κ3) is 1.91. The fourth-order valence-electron chi connectivity index (χ4n) is 2.87. The van der Waals surface area contributed by atoms with E-state index in [1.165, 1.54) is 0 Å². The fourth-order valence-corrected chi connectivity index (χ4v) is 2.87. The van der Waals surface area contributed by atoms with Gasteiger partial charge in [0.05, 0.1) is 22.6 Å². The number of nitriles is 1. The summed E-state index contributed by atoms with van der Waals surface area (Å²) in [7, 11) is 0. The van der Waals surface area contributed by atoms with E-state index in [9.17, 15) is 10.4 Å². The number of anilines is 1. The Balaban J connectivity index is 1.92. The van der Waals surface area contributed by atoms with Crippen molar-refractivity contribution in [1.29, 1.82) is 5.26 Å². The first-order valence-electron chi connectivity index (χ1n) is 7.12. The summed E-state index contributed by atoms with van der Waals surface area (Å²) in [6.07, 6.45) is 0. The summed E-state index contributed by atoms with van der Waals surface area (Å²) in [4.78, 5) is 4.54. The van der Waals surface area contributed by atoms with Gasteiger partial charge in [0.25, 0.3) is 0 Å². The molecule has 0 unspecified atom stereocenters. The largest absolute Gasteiger partial charge is 0.508 e. The van der Waals surface area contributed by atoms with Gasteiger partial charge in [0, 0.05) is 0 Å². The van der Waals surface area contributed by atoms with Crippen LogP contribution < -0.4 is 11.1 Å². The molecule has 3 aromatic rings. The van der Waals surface area contributed by atoms with E-state index >= 15 is 0 Å². The molecule has 1 aromatic heterocycles. The number of nitrogens with two attached hydrogens (primary N) is 1. The van der Waals surface area contributed by atoms with Crippen molar-refractivity contribution >= 4 is 22.8 Å². The van der Waals surface area contributed by atoms with Gasteiger partial charge in [-0.2, -0.15) is 5.26 Å². The van der Waals surface area contributed by atoms with Gasteiger partial charge in [0.1, 0.15) is 17.6 Å². The molecule has 0 saturated carbocycles. The van der Waals surface area contributed by atoms with Crippen LogP contribution in [0.5, 0.6) is 5.75 Å². The zero-order chi connectivity index (χ0) is 16.0. The molecule has 6 nitrogen and oxygen atoms in total. The quantitative estimate of drug-likeness (QED) is 0.641. The van der Waals surface area contributed by atoms with Crippen molar-refractivity contribution in [2.75, 3.05) is 5.32 Å². The van der Waals surface area contributed by atoms with Crippen LogP contribution in [0.2, 0.25) is 0 Å². The predicted octanol–water partition coefficient (Wildman–Crippen LogP) is 2.56. The lowest BCUT2D eigenvalue weighted by molar-refractivity contribution is 0.475. The molecule has 112 valence electrons. The number of phenols is 1. The van der Waals surface area contributed by atoms with Crippen molar-refractivity contribution in [1.82, 2.24) is 9.55 Å². The third-order valence-corrected chi connectivity index (χ3v) is 3.99. The van der Waals surface area contributed by atoms with E-state index in [4.69, 9.17) is 5.73 Å². The highest BCUT2D eigenvalue weighted by Crippen LogP contribution is 2.36. The Bertz CT molecular complexity index is 978. The van der Waals surface area contributed by atoms with Gasteiger partial charge in [-0.1, -0.05) is 24.3 Å². The second-order valence-electron chi connectivity index (χ2n) is 5.34. The highest BCUT2D eigenvalue weighted by molar-refractivity contribution is 5.85. The topological polar surface area (TPSA) is 99.9 Å². The Morgan fingerprint density at radius 1 is 1.17 bits per heavy atom. The van der Waals surface area contributed by atoms with E-state index < -0.39 is 6.04 Å². The van der Waals surface area contributed by atoms with E-state index in [0.29, 0.717) is 17.3 Å². The van der Waals surface area contributed by atoms with Gasteiger partial charge < -0.3 is 16.2 Å². The smallest absolute Gasteiger partial charge is 0.210 e. The SMILES string of the molecule is N#CC1=C(N)n2c(nc3ccccc32)N[C@H]1c1ccc(O)cc1. The predicted molar refractivity (Wildman–Crippen MR) is 87.2 cm³/mol. The number of rotatable bonds is 1. The zero-order valence-electron chi connectivity index (χ0n) is 12.1. The van der Waals surface area contributed by atoms with Crippen LogP contribution in [0.1, 0.15) is 11.6 Å². The van der Waals surface area contributed by atoms with Crippen LogP contribution >= 0.6 is 0 Å². The molecule has 2 aromatic carbocycles. The third-order valence-electron chi connectivity index (χ3n) is 3.99. The molecule has 4 rings (SSSR count). The van der Waals surface area contributed by atoms with Gasteiger partial charge in [0.2, 0.25) is 5.95 Å². The molecule has 1 aliphatic heterocycles. The van der Waals surface area contributed by atoms with Crippen molar-refractivity contribution < 1.29 is 5.11 Å². The molecule has 0 bridgehead atoms. The lowest BCUT2D eigenvalue weighted by atomic mass is 9.98. The highest BCUT2D eigenvalue weighted by Gasteiger charge is 2.29. The Morgan fingerprint density at radius 2 is 1.91 bits per heavy atom. The number of benzene rings is 2. The Kier molecular flexibility index (Phi) is 2.75. The first-order valence-corrected chi connectivity index (χ1v) is 7.12. The number of nitrogens with one attached hydrogen (secondary N) is 1. The molecule has 0 fully saturated rings. The van der Waals surface area contributed by atoms with E-state index in [-0.39, 0.29) is 5.75 Å². The monoisotopic (exact) mass is 303 g/mol. The zero-order valence-corrected chi connectivity index (χ0v) is 12.1. The molecule has 0 spiro atoms. The number of hydrogen-bond donors (Lipinski definition) is 3. The van der Waals surface area contributed by atoms with Crippen molar-refractivity contribution in [2.24, 2.45) is 5.73 Å². The van der Waals surface area contributed by atoms with E-state index in [0.717, 1.165) is 16.6 Å². The van der Waals surface area contributed by atoms with E-state index in [1.54, 1.807) is 28.8 Å². The first kappa shape index (κ1) is 13.2. The van der Waals surface area contributed by atoms with Crippen LogP contribution in [0.25, 0.3) is 16.9 Å². The molecule has 0 amide bonds. The highest BCUT2D eigenvalue weighted by atomic mass is 16.3. The van der Waals surface area contributed by atoms with E-state index in [1.807, 2.05) is 24.3 Å². The minimum absolute atomic E-state index is 0.173. The standard InChI is InChI=1S/C17H13N5O/c18-9-12-15(10-5-7-11(23)8-6-10)21-17-20-13-3-1-2-4-14(13)22(17)16(12)19/h1-8,15,23H,19H2,(H,20,21)/t15-/m0/s1. The minimum Gasteiger partial charge on any atom is -0.508 e.